The zero-order chi connectivity index (χ0) is 14.4. The molecule has 0 spiro atoms. The van der Waals surface area contributed by atoms with Gasteiger partial charge in [-0.3, -0.25) is 9.59 Å². The molecular formula is C13H14ClFO4. The van der Waals surface area contributed by atoms with Gasteiger partial charge in [-0.1, -0.05) is 17.7 Å². The summed E-state index contributed by atoms with van der Waals surface area (Å²) in [6, 6.07) is 4.13. The summed E-state index contributed by atoms with van der Waals surface area (Å²) in [6.45, 7) is -0.199. The van der Waals surface area contributed by atoms with Gasteiger partial charge >= 0.3 is 5.97 Å². The highest BCUT2D eigenvalue weighted by molar-refractivity contribution is 6.30. The summed E-state index contributed by atoms with van der Waals surface area (Å²) >= 11 is 5.57. The van der Waals surface area contributed by atoms with E-state index in [1.54, 1.807) is 6.07 Å². The Morgan fingerprint density at radius 2 is 2.05 bits per heavy atom. The van der Waals surface area contributed by atoms with Gasteiger partial charge in [0, 0.05) is 7.11 Å². The molecule has 0 aromatic heterocycles. The van der Waals surface area contributed by atoms with Crippen molar-refractivity contribution in [2.24, 2.45) is 5.92 Å². The van der Waals surface area contributed by atoms with Crippen molar-refractivity contribution >= 4 is 23.4 Å². The van der Waals surface area contributed by atoms with Crippen LogP contribution in [0.25, 0.3) is 0 Å². The molecule has 0 heterocycles. The first-order valence-electron chi connectivity index (χ1n) is 5.53. The largest absolute Gasteiger partial charge is 0.468 e. The SMILES string of the molecule is COCC(=O)C(Cc1ccc(Cl)c(F)c1)C(=O)OC. The summed E-state index contributed by atoms with van der Waals surface area (Å²) in [5, 5.41) is -0.0124. The Labute approximate surface area is 115 Å². The van der Waals surface area contributed by atoms with E-state index in [1.165, 1.54) is 26.4 Å². The third kappa shape index (κ3) is 4.29. The van der Waals surface area contributed by atoms with E-state index in [0.29, 0.717) is 5.56 Å². The summed E-state index contributed by atoms with van der Waals surface area (Å²) in [5.74, 6) is -2.69. The number of methoxy groups -OCH3 is 2. The normalized spacial score (nSPS) is 12.0. The third-order valence-corrected chi connectivity index (χ3v) is 2.89. The zero-order valence-corrected chi connectivity index (χ0v) is 11.4. The highest BCUT2D eigenvalue weighted by Crippen LogP contribution is 2.19. The van der Waals surface area contributed by atoms with Crippen molar-refractivity contribution in [1.82, 2.24) is 0 Å². The first kappa shape index (κ1) is 15.6. The fourth-order valence-corrected chi connectivity index (χ4v) is 1.73. The Morgan fingerprint density at radius 3 is 2.58 bits per heavy atom. The van der Waals surface area contributed by atoms with Crippen molar-refractivity contribution in [3.8, 4) is 0 Å². The van der Waals surface area contributed by atoms with Gasteiger partial charge in [0.25, 0.3) is 0 Å². The van der Waals surface area contributed by atoms with Gasteiger partial charge in [-0.15, -0.1) is 0 Å². The average molecular weight is 289 g/mol. The maximum atomic E-state index is 13.3. The highest BCUT2D eigenvalue weighted by Gasteiger charge is 2.27. The number of ether oxygens (including phenoxy) is 2. The molecule has 0 aliphatic carbocycles. The minimum absolute atomic E-state index is 0.0124. The molecule has 0 amide bonds. The molecule has 0 bridgehead atoms. The van der Waals surface area contributed by atoms with E-state index in [-0.39, 0.29) is 18.1 Å². The van der Waals surface area contributed by atoms with E-state index in [9.17, 15) is 14.0 Å². The molecule has 0 saturated heterocycles. The van der Waals surface area contributed by atoms with Crippen LogP contribution < -0.4 is 0 Å². The predicted octanol–water partition coefficient (Wildman–Crippen LogP) is 2.03. The van der Waals surface area contributed by atoms with Crippen LogP contribution in [-0.4, -0.2) is 32.6 Å². The van der Waals surface area contributed by atoms with Gasteiger partial charge in [0.2, 0.25) is 0 Å². The lowest BCUT2D eigenvalue weighted by molar-refractivity contribution is -0.150. The summed E-state index contributed by atoms with van der Waals surface area (Å²) < 4.78 is 22.6. The lowest BCUT2D eigenvalue weighted by Crippen LogP contribution is -2.30. The Hall–Kier alpha value is -1.46. The van der Waals surface area contributed by atoms with Crippen molar-refractivity contribution in [2.45, 2.75) is 6.42 Å². The molecule has 19 heavy (non-hydrogen) atoms. The van der Waals surface area contributed by atoms with E-state index < -0.39 is 23.5 Å². The van der Waals surface area contributed by atoms with Gasteiger partial charge in [-0.25, -0.2) is 4.39 Å². The summed E-state index contributed by atoms with van der Waals surface area (Å²) in [4.78, 5) is 23.3. The van der Waals surface area contributed by atoms with Crippen LogP contribution in [0.3, 0.4) is 0 Å². The van der Waals surface area contributed by atoms with Crippen LogP contribution in [0.15, 0.2) is 18.2 Å². The van der Waals surface area contributed by atoms with Crippen molar-refractivity contribution in [3.63, 3.8) is 0 Å². The van der Waals surface area contributed by atoms with E-state index >= 15 is 0 Å². The third-order valence-electron chi connectivity index (χ3n) is 2.58. The summed E-state index contributed by atoms with van der Waals surface area (Å²) in [5.41, 5.74) is 0.488. The first-order chi connectivity index (χ1) is 8.99. The van der Waals surface area contributed by atoms with Crippen molar-refractivity contribution in [2.75, 3.05) is 20.8 Å². The van der Waals surface area contributed by atoms with Gasteiger partial charge in [0.15, 0.2) is 5.78 Å². The Morgan fingerprint density at radius 1 is 1.37 bits per heavy atom. The van der Waals surface area contributed by atoms with E-state index in [1.807, 2.05) is 0 Å². The van der Waals surface area contributed by atoms with E-state index in [0.717, 1.165) is 0 Å². The zero-order valence-electron chi connectivity index (χ0n) is 10.6. The molecule has 0 radical (unpaired) electrons. The van der Waals surface area contributed by atoms with Crippen molar-refractivity contribution in [3.05, 3.63) is 34.6 Å². The Bertz CT molecular complexity index is 476. The minimum atomic E-state index is -1.01. The Kier molecular flexibility index (Phi) is 5.92. The first-order valence-corrected chi connectivity index (χ1v) is 5.90. The second-order valence-corrected chi connectivity index (χ2v) is 4.33. The quantitative estimate of drug-likeness (QED) is 0.594. The number of benzene rings is 1. The lowest BCUT2D eigenvalue weighted by Gasteiger charge is -2.13. The number of Topliss-reactive ketones (excluding diaryl/α,β-unsaturated/α-hetero) is 1. The molecule has 104 valence electrons. The van der Waals surface area contributed by atoms with Gasteiger partial charge in [-0.2, -0.15) is 0 Å². The minimum Gasteiger partial charge on any atom is -0.468 e. The molecule has 1 unspecified atom stereocenters. The van der Waals surface area contributed by atoms with Crippen LogP contribution in [-0.2, 0) is 25.5 Å². The number of esters is 1. The molecule has 1 aromatic rings. The molecular weight excluding hydrogens is 275 g/mol. The van der Waals surface area contributed by atoms with Gasteiger partial charge in [0.1, 0.15) is 18.3 Å². The van der Waals surface area contributed by atoms with Crippen LogP contribution in [0.4, 0.5) is 4.39 Å². The number of carbonyl (C=O) groups excluding carboxylic acids is 2. The van der Waals surface area contributed by atoms with Crippen molar-refractivity contribution < 1.29 is 23.5 Å². The average Bonchev–Trinajstić information content (AvgIpc) is 2.39. The molecule has 0 aliphatic heterocycles. The van der Waals surface area contributed by atoms with Crippen LogP contribution in [0.5, 0.6) is 0 Å². The van der Waals surface area contributed by atoms with E-state index in [2.05, 4.69) is 4.74 Å². The predicted molar refractivity (Wildman–Crippen MR) is 67.5 cm³/mol. The molecule has 0 aliphatic rings. The van der Waals surface area contributed by atoms with Crippen LogP contribution >= 0.6 is 11.6 Å². The Balaban J connectivity index is 2.90. The van der Waals surface area contributed by atoms with Crippen LogP contribution in [0.2, 0.25) is 5.02 Å². The standard InChI is InChI=1S/C13H14ClFO4/c1-18-7-12(16)9(13(17)19-2)5-8-3-4-10(14)11(15)6-8/h3-4,6,9H,5,7H2,1-2H3. The van der Waals surface area contributed by atoms with Crippen LogP contribution in [0, 0.1) is 11.7 Å². The number of carbonyl (C=O) groups is 2. The van der Waals surface area contributed by atoms with Gasteiger partial charge < -0.3 is 9.47 Å². The van der Waals surface area contributed by atoms with Gasteiger partial charge in [0.05, 0.1) is 12.1 Å². The number of rotatable bonds is 6. The number of halogens is 2. The highest BCUT2D eigenvalue weighted by atomic mass is 35.5. The molecule has 0 N–H and O–H groups in total. The molecule has 1 atom stereocenters. The molecule has 4 nitrogen and oxygen atoms in total. The second-order valence-electron chi connectivity index (χ2n) is 3.93. The van der Waals surface area contributed by atoms with Crippen LogP contribution in [0.1, 0.15) is 5.56 Å². The summed E-state index contributed by atoms with van der Waals surface area (Å²) in [6.07, 6.45) is 0.0446. The number of ketones is 1. The van der Waals surface area contributed by atoms with Crippen molar-refractivity contribution in [1.29, 1.82) is 0 Å². The second kappa shape index (κ2) is 7.21. The molecule has 6 heteroatoms. The molecule has 0 fully saturated rings. The maximum Gasteiger partial charge on any atom is 0.316 e. The topological polar surface area (TPSA) is 52.6 Å². The lowest BCUT2D eigenvalue weighted by atomic mass is 9.95. The molecule has 0 saturated carbocycles. The van der Waals surface area contributed by atoms with Gasteiger partial charge in [-0.05, 0) is 24.1 Å². The smallest absolute Gasteiger partial charge is 0.316 e. The molecule has 1 aromatic carbocycles. The number of hydrogen-bond acceptors (Lipinski definition) is 4. The fourth-order valence-electron chi connectivity index (χ4n) is 1.62. The maximum absolute atomic E-state index is 13.3. The van der Waals surface area contributed by atoms with E-state index in [4.69, 9.17) is 16.3 Å². The fraction of sp³-hybridized carbons (Fsp3) is 0.385. The monoisotopic (exact) mass is 288 g/mol. The summed E-state index contributed by atoms with van der Waals surface area (Å²) in [7, 11) is 2.55. The number of hydrogen-bond donors (Lipinski definition) is 0. The molecule has 1 rings (SSSR count).